The Hall–Kier alpha value is -1.62. The number of hydrogen-bond donors (Lipinski definition) is 0. The molecule has 0 saturated heterocycles. The van der Waals surface area contributed by atoms with Crippen LogP contribution in [0.3, 0.4) is 0 Å². The topological polar surface area (TPSA) is 45.0 Å². The molecule has 2 aliphatic heterocycles. The molecule has 0 aliphatic carbocycles. The van der Waals surface area contributed by atoms with Crippen molar-refractivity contribution in [3.63, 3.8) is 0 Å². The second-order valence-electron chi connectivity index (χ2n) is 3.22. The maximum atomic E-state index is 11.0. The second kappa shape index (κ2) is 3.20. The number of carbonyl (C=O) groups excluding carboxylic acids is 1. The van der Waals surface area contributed by atoms with Crippen LogP contribution in [0.2, 0.25) is 0 Å². The minimum absolute atomic E-state index is 0.117. The highest BCUT2D eigenvalue weighted by atomic mass is 32.2. The lowest BCUT2D eigenvalue weighted by atomic mass is 10.2. The number of aliphatic imine (C=N–C) groups is 1. The Morgan fingerprint density at radius 3 is 2.80 bits per heavy atom. The molecule has 1 aromatic carbocycles. The molecule has 2 heterocycles. The Morgan fingerprint density at radius 1 is 1.27 bits per heavy atom. The fourth-order valence-corrected chi connectivity index (χ4v) is 2.39. The van der Waals surface area contributed by atoms with Gasteiger partial charge in [0.05, 0.1) is 0 Å². The highest BCUT2D eigenvalue weighted by molar-refractivity contribution is 8.27. The lowest BCUT2D eigenvalue weighted by molar-refractivity contribution is -0.117. The van der Waals surface area contributed by atoms with Gasteiger partial charge >= 0.3 is 0 Å². The van der Waals surface area contributed by atoms with E-state index in [-0.39, 0.29) is 12.5 Å². The molecular formula is C10H7N3OS. The molecular weight excluding hydrogens is 210 g/mol. The standard InChI is InChI=1S/C10H7N3OS/c14-8-6-13-10(11-8)15-9(12-13)7-4-2-1-3-5-7/h1-5H,6H2. The molecule has 3 rings (SSSR count). The van der Waals surface area contributed by atoms with E-state index in [1.807, 2.05) is 30.3 Å². The molecule has 0 fully saturated rings. The van der Waals surface area contributed by atoms with E-state index in [1.165, 1.54) is 11.8 Å². The van der Waals surface area contributed by atoms with Crippen molar-refractivity contribution >= 4 is 27.9 Å². The van der Waals surface area contributed by atoms with Crippen LogP contribution in [0.4, 0.5) is 0 Å². The largest absolute Gasteiger partial charge is 0.270 e. The summed E-state index contributed by atoms with van der Waals surface area (Å²) in [7, 11) is 0. The van der Waals surface area contributed by atoms with E-state index in [0.717, 1.165) is 10.6 Å². The number of amides is 1. The first-order valence-corrected chi connectivity index (χ1v) is 5.35. The van der Waals surface area contributed by atoms with Crippen LogP contribution in [-0.4, -0.2) is 27.7 Å². The predicted molar refractivity (Wildman–Crippen MR) is 59.7 cm³/mol. The molecule has 4 nitrogen and oxygen atoms in total. The van der Waals surface area contributed by atoms with Gasteiger partial charge in [-0.1, -0.05) is 30.3 Å². The number of fused-ring (bicyclic) bond motifs is 1. The van der Waals surface area contributed by atoms with Crippen LogP contribution in [0.25, 0.3) is 0 Å². The quantitative estimate of drug-likeness (QED) is 0.712. The van der Waals surface area contributed by atoms with Gasteiger partial charge in [0, 0.05) is 5.56 Å². The normalized spacial score (nSPS) is 18.9. The van der Waals surface area contributed by atoms with E-state index < -0.39 is 0 Å². The summed E-state index contributed by atoms with van der Waals surface area (Å²) >= 11 is 1.44. The van der Waals surface area contributed by atoms with Gasteiger partial charge < -0.3 is 0 Å². The second-order valence-corrected chi connectivity index (χ2v) is 4.17. The molecule has 2 aliphatic rings. The van der Waals surface area contributed by atoms with Crippen LogP contribution in [-0.2, 0) is 4.79 Å². The zero-order valence-corrected chi connectivity index (χ0v) is 8.57. The molecule has 0 aromatic heterocycles. The summed E-state index contributed by atoms with van der Waals surface area (Å²) in [6, 6.07) is 9.89. The molecule has 0 atom stereocenters. The van der Waals surface area contributed by atoms with E-state index in [4.69, 9.17) is 0 Å². The summed E-state index contributed by atoms with van der Waals surface area (Å²) in [5.41, 5.74) is 1.06. The van der Waals surface area contributed by atoms with Gasteiger partial charge in [0.15, 0.2) is 5.17 Å². The molecule has 5 heteroatoms. The summed E-state index contributed by atoms with van der Waals surface area (Å²) in [6.07, 6.45) is 0. The highest BCUT2D eigenvalue weighted by Gasteiger charge is 2.31. The van der Waals surface area contributed by atoms with Crippen molar-refractivity contribution in [3.8, 4) is 0 Å². The average molecular weight is 217 g/mol. The van der Waals surface area contributed by atoms with E-state index in [2.05, 4.69) is 10.1 Å². The Balaban J connectivity index is 1.91. The predicted octanol–water partition coefficient (Wildman–Crippen LogP) is 1.29. The highest BCUT2D eigenvalue weighted by Crippen LogP contribution is 2.27. The van der Waals surface area contributed by atoms with Gasteiger partial charge in [0.1, 0.15) is 11.6 Å². The van der Waals surface area contributed by atoms with Crippen LogP contribution >= 0.6 is 11.8 Å². The molecule has 0 N–H and O–H groups in total. The number of carbonyl (C=O) groups is 1. The van der Waals surface area contributed by atoms with Crippen molar-refractivity contribution in [1.29, 1.82) is 0 Å². The monoisotopic (exact) mass is 217 g/mol. The van der Waals surface area contributed by atoms with Crippen molar-refractivity contribution in [2.45, 2.75) is 0 Å². The SMILES string of the molecule is O=C1CN2N=C(c3ccccc3)SC2=N1. The zero-order chi connectivity index (χ0) is 10.3. The van der Waals surface area contributed by atoms with Gasteiger partial charge in [-0.25, -0.2) is 5.01 Å². The van der Waals surface area contributed by atoms with Crippen LogP contribution in [0, 0.1) is 0 Å². The number of benzene rings is 1. The lowest BCUT2D eigenvalue weighted by Gasteiger charge is -2.01. The van der Waals surface area contributed by atoms with Gasteiger partial charge in [-0.15, -0.1) is 0 Å². The van der Waals surface area contributed by atoms with Gasteiger partial charge in [-0.05, 0) is 11.8 Å². The molecule has 0 unspecified atom stereocenters. The summed E-state index contributed by atoms with van der Waals surface area (Å²) in [4.78, 5) is 14.9. The van der Waals surface area contributed by atoms with Gasteiger partial charge in [-0.2, -0.15) is 10.1 Å². The van der Waals surface area contributed by atoms with Crippen LogP contribution in [0.5, 0.6) is 0 Å². The van der Waals surface area contributed by atoms with Gasteiger partial charge in [0.25, 0.3) is 5.91 Å². The third kappa shape index (κ3) is 1.45. The first-order valence-electron chi connectivity index (χ1n) is 4.54. The van der Waals surface area contributed by atoms with E-state index in [9.17, 15) is 4.79 Å². The molecule has 1 amide bonds. The Morgan fingerprint density at radius 2 is 2.07 bits per heavy atom. The minimum atomic E-state index is -0.117. The van der Waals surface area contributed by atoms with Crippen molar-refractivity contribution < 1.29 is 4.79 Å². The van der Waals surface area contributed by atoms with Gasteiger partial charge in [-0.3, -0.25) is 4.79 Å². The summed E-state index contributed by atoms with van der Waals surface area (Å²) in [5, 5.41) is 7.58. The molecule has 0 saturated carbocycles. The third-order valence-corrected chi connectivity index (χ3v) is 3.14. The number of amidine groups is 1. The van der Waals surface area contributed by atoms with Crippen molar-refractivity contribution in [2.75, 3.05) is 6.54 Å². The van der Waals surface area contributed by atoms with Crippen molar-refractivity contribution in [3.05, 3.63) is 35.9 Å². The minimum Gasteiger partial charge on any atom is -0.270 e. The molecule has 1 aromatic rings. The third-order valence-electron chi connectivity index (χ3n) is 2.15. The number of nitrogens with zero attached hydrogens (tertiary/aromatic N) is 3. The molecule has 15 heavy (non-hydrogen) atoms. The summed E-state index contributed by atoms with van der Waals surface area (Å²) < 4.78 is 0. The van der Waals surface area contributed by atoms with E-state index >= 15 is 0 Å². The van der Waals surface area contributed by atoms with Gasteiger partial charge in [0.2, 0.25) is 0 Å². The maximum absolute atomic E-state index is 11.0. The Bertz CT molecular complexity index is 481. The van der Waals surface area contributed by atoms with E-state index in [0.29, 0.717) is 5.17 Å². The van der Waals surface area contributed by atoms with Crippen LogP contribution < -0.4 is 0 Å². The molecule has 0 bridgehead atoms. The molecule has 0 spiro atoms. The first-order chi connectivity index (χ1) is 7.33. The Kier molecular flexibility index (Phi) is 1.85. The summed E-state index contributed by atoms with van der Waals surface area (Å²) in [5.74, 6) is -0.117. The van der Waals surface area contributed by atoms with Crippen molar-refractivity contribution in [2.24, 2.45) is 10.1 Å². The first kappa shape index (κ1) is 8.67. The average Bonchev–Trinajstić information content (AvgIpc) is 2.76. The molecule has 74 valence electrons. The zero-order valence-electron chi connectivity index (χ0n) is 7.75. The smallest absolute Gasteiger partial charge is 0.269 e. The lowest BCUT2D eigenvalue weighted by Crippen LogP contribution is -2.16. The van der Waals surface area contributed by atoms with Crippen LogP contribution in [0.15, 0.2) is 40.4 Å². The molecule has 0 radical (unpaired) electrons. The van der Waals surface area contributed by atoms with E-state index in [1.54, 1.807) is 5.01 Å². The number of rotatable bonds is 1. The fraction of sp³-hybridized carbons (Fsp3) is 0.100. The van der Waals surface area contributed by atoms with Crippen LogP contribution in [0.1, 0.15) is 5.56 Å². The summed E-state index contributed by atoms with van der Waals surface area (Å²) in [6.45, 7) is 0.276. The number of hydrogen-bond acceptors (Lipinski definition) is 4. The fourth-order valence-electron chi connectivity index (χ4n) is 1.46. The number of thioether (sulfide) groups is 1. The number of hydrazone groups is 1. The van der Waals surface area contributed by atoms with Crippen molar-refractivity contribution in [1.82, 2.24) is 5.01 Å². The Labute approximate surface area is 90.7 Å². The maximum Gasteiger partial charge on any atom is 0.269 e.